The number of hydrogen-bond acceptors (Lipinski definition) is 5. The molecule has 1 aromatic heterocycles. The number of nitrogens with zero attached hydrogens (tertiary/aromatic N) is 1. The lowest BCUT2D eigenvalue weighted by molar-refractivity contribution is 0.0140. The van der Waals surface area contributed by atoms with E-state index in [4.69, 9.17) is 9.15 Å². The minimum absolute atomic E-state index is 0.107. The average Bonchev–Trinajstić information content (AvgIpc) is 2.72. The molecular formula is C23H23NO4. The fraction of sp³-hybridized carbons (Fsp3) is 0.304. The molecule has 0 saturated carbocycles. The van der Waals surface area contributed by atoms with E-state index in [2.05, 4.69) is 11.9 Å². The molecule has 0 aliphatic carbocycles. The van der Waals surface area contributed by atoms with Crippen molar-refractivity contribution < 1.29 is 13.9 Å². The Morgan fingerprint density at radius 2 is 1.79 bits per heavy atom. The second kappa shape index (κ2) is 7.60. The van der Waals surface area contributed by atoms with Crippen LogP contribution >= 0.6 is 0 Å². The van der Waals surface area contributed by atoms with Crippen LogP contribution in [-0.4, -0.2) is 37.1 Å². The molecule has 0 radical (unpaired) electrons. The summed E-state index contributed by atoms with van der Waals surface area (Å²) >= 11 is 0. The third kappa shape index (κ3) is 3.45. The lowest BCUT2D eigenvalue weighted by Gasteiger charge is -2.28. The van der Waals surface area contributed by atoms with Crippen LogP contribution in [0.2, 0.25) is 0 Å². The molecular weight excluding hydrogens is 354 g/mol. The molecule has 144 valence electrons. The van der Waals surface area contributed by atoms with Crippen LogP contribution in [0.1, 0.15) is 28.8 Å². The van der Waals surface area contributed by atoms with Crippen LogP contribution < -0.4 is 5.43 Å². The number of piperidine rings is 1. The van der Waals surface area contributed by atoms with Gasteiger partial charge in [0.25, 0.3) is 0 Å². The number of ether oxygens (including phenoxy) is 1. The van der Waals surface area contributed by atoms with E-state index in [1.165, 1.54) is 0 Å². The Balaban J connectivity index is 1.76. The van der Waals surface area contributed by atoms with Gasteiger partial charge in [-0.25, -0.2) is 4.79 Å². The molecule has 0 bridgehead atoms. The van der Waals surface area contributed by atoms with Crippen molar-refractivity contribution in [3.8, 4) is 11.3 Å². The van der Waals surface area contributed by atoms with Gasteiger partial charge in [-0.05, 0) is 38.9 Å². The molecule has 28 heavy (non-hydrogen) atoms. The van der Waals surface area contributed by atoms with Gasteiger partial charge >= 0.3 is 5.97 Å². The Bertz CT molecular complexity index is 1060. The van der Waals surface area contributed by atoms with E-state index in [0.717, 1.165) is 31.5 Å². The molecule has 1 aliphatic heterocycles. The lowest BCUT2D eigenvalue weighted by atomic mass is 10.0. The number of rotatable bonds is 3. The van der Waals surface area contributed by atoms with Gasteiger partial charge in [0.05, 0.1) is 5.39 Å². The molecule has 1 aliphatic rings. The van der Waals surface area contributed by atoms with E-state index < -0.39 is 5.97 Å². The van der Waals surface area contributed by atoms with Crippen LogP contribution in [0.5, 0.6) is 0 Å². The van der Waals surface area contributed by atoms with Crippen LogP contribution in [0.4, 0.5) is 0 Å². The van der Waals surface area contributed by atoms with E-state index in [9.17, 15) is 9.59 Å². The minimum Gasteiger partial charge on any atom is -0.459 e. The molecule has 0 amide bonds. The molecule has 5 heteroatoms. The zero-order valence-corrected chi connectivity index (χ0v) is 16.1. The van der Waals surface area contributed by atoms with Crippen molar-refractivity contribution in [3.05, 3.63) is 69.9 Å². The molecule has 1 fully saturated rings. The quantitative estimate of drug-likeness (QED) is 0.645. The number of fused-ring (bicyclic) bond motifs is 1. The maximum absolute atomic E-state index is 12.9. The summed E-state index contributed by atoms with van der Waals surface area (Å²) in [7, 11) is 2.06. The highest BCUT2D eigenvalue weighted by Gasteiger charge is 2.24. The molecule has 5 nitrogen and oxygen atoms in total. The fourth-order valence-corrected chi connectivity index (χ4v) is 3.65. The van der Waals surface area contributed by atoms with Gasteiger partial charge in [-0.3, -0.25) is 4.79 Å². The normalized spacial score (nSPS) is 15.6. The Morgan fingerprint density at radius 1 is 1.07 bits per heavy atom. The van der Waals surface area contributed by atoms with Crippen LogP contribution in [0.15, 0.2) is 57.7 Å². The van der Waals surface area contributed by atoms with Crippen molar-refractivity contribution in [1.82, 2.24) is 4.90 Å². The summed E-state index contributed by atoms with van der Waals surface area (Å²) in [4.78, 5) is 28.0. The fourth-order valence-electron chi connectivity index (χ4n) is 3.65. The average molecular weight is 377 g/mol. The molecule has 3 aromatic rings. The SMILES string of the molecule is Cc1c(-c2ccccc2)oc2c(C(=O)OC3CCN(C)CC3)cccc2c1=O. The van der Waals surface area contributed by atoms with E-state index in [0.29, 0.717) is 22.3 Å². The molecule has 1 saturated heterocycles. The van der Waals surface area contributed by atoms with E-state index in [1.807, 2.05) is 30.3 Å². The summed E-state index contributed by atoms with van der Waals surface area (Å²) in [6.45, 7) is 3.55. The standard InChI is InChI=1S/C23H23NO4/c1-15-20(25)18-9-6-10-19(23(26)27-17-11-13-24(2)14-12-17)22(18)28-21(15)16-7-4-3-5-8-16/h3-10,17H,11-14H2,1-2H3. The van der Waals surface area contributed by atoms with Gasteiger partial charge in [0.2, 0.25) is 0 Å². The molecule has 0 N–H and O–H groups in total. The second-order valence-electron chi connectivity index (χ2n) is 7.34. The van der Waals surface area contributed by atoms with Crippen molar-refractivity contribution in [3.63, 3.8) is 0 Å². The number of carbonyl (C=O) groups excluding carboxylic acids is 1. The largest absolute Gasteiger partial charge is 0.459 e. The monoisotopic (exact) mass is 377 g/mol. The highest BCUT2D eigenvalue weighted by Crippen LogP contribution is 2.28. The van der Waals surface area contributed by atoms with E-state index in [-0.39, 0.29) is 17.1 Å². The first kappa shape index (κ1) is 18.4. The summed E-state index contributed by atoms with van der Waals surface area (Å²) in [6.07, 6.45) is 1.51. The molecule has 0 spiro atoms. The number of likely N-dealkylation sites (tertiary alicyclic amines) is 1. The van der Waals surface area contributed by atoms with Gasteiger partial charge in [-0.15, -0.1) is 0 Å². The van der Waals surface area contributed by atoms with E-state index in [1.54, 1.807) is 25.1 Å². The topological polar surface area (TPSA) is 59.8 Å². The summed E-state index contributed by atoms with van der Waals surface area (Å²) in [5, 5.41) is 0.398. The molecule has 2 aromatic carbocycles. The van der Waals surface area contributed by atoms with Crippen molar-refractivity contribution in [1.29, 1.82) is 0 Å². The highest BCUT2D eigenvalue weighted by atomic mass is 16.5. The van der Waals surface area contributed by atoms with E-state index >= 15 is 0 Å². The Hall–Kier alpha value is -2.92. The van der Waals surface area contributed by atoms with Crippen LogP contribution in [0.3, 0.4) is 0 Å². The third-order valence-electron chi connectivity index (χ3n) is 5.34. The van der Waals surface area contributed by atoms with Crippen LogP contribution in [-0.2, 0) is 4.74 Å². The minimum atomic E-state index is -0.439. The highest BCUT2D eigenvalue weighted by molar-refractivity contribution is 6.02. The number of carbonyl (C=O) groups is 1. The smallest absolute Gasteiger partial charge is 0.342 e. The lowest BCUT2D eigenvalue weighted by Crippen LogP contribution is -2.35. The molecule has 4 rings (SSSR count). The first-order chi connectivity index (χ1) is 13.5. The number of benzene rings is 2. The zero-order valence-electron chi connectivity index (χ0n) is 16.1. The maximum Gasteiger partial charge on any atom is 0.342 e. The number of esters is 1. The first-order valence-corrected chi connectivity index (χ1v) is 9.56. The number of hydrogen-bond donors (Lipinski definition) is 0. The summed E-state index contributed by atoms with van der Waals surface area (Å²) in [5.41, 5.74) is 1.78. The third-order valence-corrected chi connectivity index (χ3v) is 5.34. The van der Waals surface area contributed by atoms with Gasteiger partial charge in [-0.2, -0.15) is 0 Å². The maximum atomic E-state index is 12.9. The second-order valence-corrected chi connectivity index (χ2v) is 7.34. The van der Waals surface area contributed by atoms with Crippen molar-refractivity contribution in [2.75, 3.05) is 20.1 Å². The Labute approximate surface area is 163 Å². The van der Waals surface area contributed by atoms with Crippen LogP contribution in [0, 0.1) is 6.92 Å². The summed E-state index contributed by atoms with van der Waals surface area (Å²) in [5.74, 6) is 0.0452. The van der Waals surface area contributed by atoms with Gasteiger partial charge in [0, 0.05) is 24.2 Å². The van der Waals surface area contributed by atoms with Crippen molar-refractivity contribution in [2.24, 2.45) is 0 Å². The predicted octanol–water partition coefficient (Wildman–Crippen LogP) is 4.02. The van der Waals surface area contributed by atoms with Gasteiger partial charge < -0.3 is 14.1 Å². The van der Waals surface area contributed by atoms with Gasteiger partial charge in [0.15, 0.2) is 11.0 Å². The van der Waals surface area contributed by atoms with Gasteiger partial charge in [0.1, 0.15) is 17.4 Å². The summed E-state index contributed by atoms with van der Waals surface area (Å²) < 4.78 is 11.8. The van der Waals surface area contributed by atoms with Crippen LogP contribution in [0.25, 0.3) is 22.3 Å². The Morgan fingerprint density at radius 3 is 2.50 bits per heavy atom. The predicted molar refractivity (Wildman–Crippen MR) is 109 cm³/mol. The molecule has 2 heterocycles. The number of para-hydroxylation sites is 1. The van der Waals surface area contributed by atoms with Gasteiger partial charge in [-0.1, -0.05) is 36.4 Å². The summed E-state index contributed by atoms with van der Waals surface area (Å²) in [6, 6.07) is 14.5. The molecule has 0 unspecified atom stereocenters. The van der Waals surface area contributed by atoms with Crippen molar-refractivity contribution in [2.45, 2.75) is 25.9 Å². The van der Waals surface area contributed by atoms with Crippen molar-refractivity contribution >= 4 is 16.9 Å². The Kier molecular flexibility index (Phi) is 5.01. The zero-order chi connectivity index (χ0) is 19.7. The first-order valence-electron chi connectivity index (χ1n) is 9.56. The molecule has 0 atom stereocenters.